The first kappa shape index (κ1) is 20.3. The van der Waals surface area contributed by atoms with Gasteiger partial charge >= 0.3 is 5.95 Å². The van der Waals surface area contributed by atoms with Crippen LogP contribution >= 0.6 is 11.3 Å². The zero-order chi connectivity index (χ0) is 21.8. The number of amides is 2. The molecular formula is C23H19N5O2S. The van der Waals surface area contributed by atoms with Gasteiger partial charge in [0.15, 0.2) is 5.52 Å². The molecule has 0 aliphatic rings. The maximum Gasteiger partial charge on any atom is 0.340 e. The normalized spacial score (nSPS) is 10.6. The molecule has 154 valence electrons. The van der Waals surface area contributed by atoms with Crippen molar-refractivity contribution in [1.29, 1.82) is 0 Å². The van der Waals surface area contributed by atoms with Crippen molar-refractivity contribution >= 4 is 51.5 Å². The quantitative estimate of drug-likeness (QED) is 0.446. The largest absolute Gasteiger partial charge is 0.396 e. The number of rotatable bonds is 6. The lowest BCUT2D eigenvalue weighted by Crippen LogP contribution is -2.33. The van der Waals surface area contributed by atoms with Crippen LogP contribution in [-0.4, -0.2) is 21.4 Å². The number of hydrogen-bond acceptors (Lipinski definition) is 4. The van der Waals surface area contributed by atoms with E-state index in [1.165, 1.54) is 6.92 Å². The zero-order valence-corrected chi connectivity index (χ0v) is 17.6. The van der Waals surface area contributed by atoms with E-state index >= 15 is 0 Å². The van der Waals surface area contributed by atoms with Crippen LogP contribution < -0.4 is 10.2 Å². The minimum atomic E-state index is -0.161. The van der Waals surface area contributed by atoms with Crippen molar-refractivity contribution in [2.75, 3.05) is 10.2 Å². The highest BCUT2D eigenvalue weighted by atomic mass is 32.1. The van der Waals surface area contributed by atoms with E-state index in [4.69, 9.17) is 6.57 Å². The van der Waals surface area contributed by atoms with E-state index < -0.39 is 0 Å². The Balaban J connectivity index is 1.66. The molecule has 0 radical (unpaired) electrons. The minimum Gasteiger partial charge on any atom is -0.396 e. The smallest absolute Gasteiger partial charge is 0.340 e. The van der Waals surface area contributed by atoms with Crippen molar-refractivity contribution in [3.63, 3.8) is 0 Å². The number of thiophene rings is 1. The molecule has 4 rings (SSSR count). The van der Waals surface area contributed by atoms with Crippen LogP contribution in [0, 0.1) is 6.57 Å². The van der Waals surface area contributed by atoms with Crippen LogP contribution in [0.15, 0.2) is 65.4 Å². The number of hydrogen-bond donors (Lipinski definition) is 1. The summed E-state index contributed by atoms with van der Waals surface area (Å²) in [5.74, 6) is -0.129. The molecule has 0 aliphatic heterocycles. The minimum absolute atomic E-state index is 0.00416. The number of para-hydroxylation sites is 2. The van der Waals surface area contributed by atoms with E-state index in [0.717, 1.165) is 11.1 Å². The molecule has 0 bridgehead atoms. The number of fused-ring (bicyclic) bond motifs is 1. The average molecular weight is 430 g/mol. The summed E-state index contributed by atoms with van der Waals surface area (Å²) in [5, 5.41) is 6.70. The molecule has 1 N–H and O–H groups in total. The Morgan fingerprint density at radius 1 is 1.16 bits per heavy atom. The van der Waals surface area contributed by atoms with E-state index in [2.05, 4.69) is 15.1 Å². The topological polar surface area (TPSA) is 71.6 Å². The van der Waals surface area contributed by atoms with E-state index in [0.29, 0.717) is 23.4 Å². The molecule has 0 unspecified atom stereocenters. The molecule has 2 amide bonds. The Morgan fingerprint density at radius 2 is 1.94 bits per heavy atom. The fraction of sp³-hybridized carbons (Fsp3) is 0.130. The first-order valence-corrected chi connectivity index (χ1v) is 10.5. The van der Waals surface area contributed by atoms with Crippen LogP contribution in [0.25, 0.3) is 15.9 Å². The molecule has 0 aliphatic carbocycles. The van der Waals surface area contributed by atoms with Crippen molar-refractivity contribution in [2.24, 2.45) is 0 Å². The lowest BCUT2D eigenvalue weighted by Gasteiger charge is -2.23. The summed E-state index contributed by atoms with van der Waals surface area (Å²) >= 11 is 1.57. The van der Waals surface area contributed by atoms with Gasteiger partial charge in [-0.15, -0.1) is 11.6 Å². The molecule has 31 heavy (non-hydrogen) atoms. The first-order valence-electron chi connectivity index (χ1n) is 9.57. The third kappa shape index (κ3) is 4.47. The number of anilines is 2. The fourth-order valence-corrected chi connectivity index (χ4v) is 4.00. The van der Waals surface area contributed by atoms with Crippen LogP contribution in [0.1, 0.15) is 12.5 Å². The SMILES string of the molecule is [C-]#[N+]c1nc2ccccc2n1CC(=O)N(Cc1ccsc1)c1ccc(NC(C)=O)cc1. The van der Waals surface area contributed by atoms with Gasteiger partial charge in [-0.25, -0.2) is 0 Å². The number of nitrogens with zero attached hydrogens (tertiary/aromatic N) is 4. The van der Waals surface area contributed by atoms with Gasteiger partial charge in [0.05, 0.1) is 6.54 Å². The third-order valence-electron chi connectivity index (χ3n) is 4.75. The highest BCUT2D eigenvalue weighted by Gasteiger charge is 2.22. The molecule has 0 atom stereocenters. The summed E-state index contributed by atoms with van der Waals surface area (Å²) in [5.41, 5.74) is 3.82. The molecule has 7 nitrogen and oxygen atoms in total. The number of carbonyl (C=O) groups is 2. The van der Waals surface area contributed by atoms with Crippen LogP contribution in [0.2, 0.25) is 0 Å². The predicted octanol–water partition coefficient (Wildman–Crippen LogP) is 4.84. The summed E-state index contributed by atoms with van der Waals surface area (Å²) in [4.78, 5) is 34.2. The predicted molar refractivity (Wildman–Crippen MR) is 122 cm³/mol. The van der Waals surface area contributed by atoms with Gasteiger partial charge in [0, 0.05) is 18.3 Å². The monoisotopic (exact) mass is 429 g/mol. The van der Waals surface area contributed by atoms with Crippen LogP contribution in [-0.2, 0) is 22.7 Å². The van der Waals surface area contributed by atoms with E-state index in [-0.39, 0.29) is 24.3 Å². The van der Waals surface area contributed by atoms with Gasteiger partial charge in [-0.05, 0) is 58.8 Å². The Kier molecular flexibility index (Phi) is 5.78. The number of carbonyl (C=O) groups excluding carboxylic acids is 2. The molecule has 2 heterocycles. The molecule has 4 aromatic rings. The summed E-state index contributed by atoms with van der Waals surface area (Å²) in [7, 11) is 0. The lowest BCUT2D eigenvalue weighted by molar-refractivity contribution is -0.119. The second-order valence-electron chi connectivity index (χ2n) is 6.94. The highest BCUT2D eigenvalue weighted by molar-refractivity contribution is 7.07. The molecule has 2 aromatic heterocycles. The molecule has 2 aromatic carbocycles. The Hall–Kier alpha value is -3.96. The van der Waals surface area contributed by atoms with Gasteiger partial charge in [0.2, 0.25) is 5.91 Å². The zero-order valence-electron chi connectivity index (χ0n) is 16.8. The van der Waals surface area contributed by atoms with Gasteiger partial charge in [-0.1, -0.05) is 12.1 Å². The molecule has 0 saturated carbocycles. The fourth-order valence-electron chi connectivity index (χ4n) is 3.34. The standard InChI is InChI=1S/C23H19N5O2S/c1-16(29)25-18-7-9-19(10-8-18)27(13-17-11-12-31-15-17)22(30)14-28-21-6-4-3-5-20(21)26-23(28)24-2/h3-12,15H,13-14H2,1H3,(H,25,29). The molecule has 0 spiro atoms. The van der Waals surface area contributed by atoms with Crippen molar-refractivity contribution in [3.05, 3.63) is 82.3 Å². The van der Waals surface area contributed by atoms with E-state index in [1.807, 2.05) is 41.1 Å². The van der Waals surface area contributed by atoms with Gasteiger partial charge in [-0.2, -0.15) is 11.3 Å². The summed E-state index contributed by atoms with van der Waals surface area (Å²) in [6.45, 7) is 9.30. The second-order valence-corrected chi connectivity index (χ2v) is 7.72. The summed E-state index contributed by atoms with van der Waals surface area (Å²) in [6.07, 6.45) is 0. The van der Waals surface area contributed by atoms with Crippen molar-refractivity contribution in [2.45, 2.75) is 20.0 Å². The van der Waals surface area contributed by atoms with Gasteiger partial charge < -0.3 is 15.1 Å². The summed E-state index contributed by atoms with van der Waals surface area (Å²) in [6, 6.07) is 16.5. The molecule has 0 saturated heterocycles. The Labute approximate surface area is 183 Å². The van der Waals surface area contributed by atoms with Crippen LogP contribution in [0.5, 0.6) is 0 Å². The Morgan fingerprint density at radius 3 is 2.61 bits per heavy atom. The van der Waals surface area contributed by atoms with Gasteiger partial charge in [-0.3, -0.25) is 14.2 Å². The number of benzene rings is 2. The maximum absolute atomic E-state index is 13.4. The van der Waals surface area contributed by atoms with E-state index in [1.54, 1.807) is 45.1 Å². The van der Waals surface area contributed by atoms with Gasteiger partial charge in [0.25, 0.3) is 5.91 Å². The van der Waals surface area contributed by atoms with Crippen LogP contribution in [0.3, 0.4) is 0 Å². The van der Waals surface area contributed by atoms with Gasteiger partial charge in [0.1, 0.15) is 12.1 Å². The average Bonchev–Trinajstić information content (AvgIpc) is 3.40. The van der Waals surface area contributed by atoms with Crippen molar-refractivity contribution in [3.8, 4) is 0 Å². The molecular weight excluding hydrogens is 410 g/mol. The summed E-state index contributed by atoms with van der Waals surface area (Å²) < 4.78 is 1.65. The third-order valence-corrected chi connectivity index (χ3v) is 5.48. The van der Waals surface area contributed by atoms with Crippen molar-refractivity contribution in [1.82, 2.24) is 9.55 Å². The number of nitrogens with one attached hydrogen (secondary N) is 1. The van der Waals surface area contributed by atoms with E-state index in [9.17, 15) is 9.59 Å². The Bertz CT molecular complexity index is 1270. The second kappa shape index (κ2) is 8.81. The first-order chi connectivity index (χ1) is 15.0. The van der Waals surface area contributed by atoms with Crippen molar-refractivity contribution < 1.29 is 9.59 Å². The number of aromatic nitrogens is 2. The molecule has 8 heteroatoms. The highest BCUT2D eigenvalue weighted by Crippen LogP contribution is 2.25. The lowest BCUT2D eigenvalue weighted by atomic mass is 10.2. The number of imidazole rings is 1. The maximum atomic E-state index is 13.4. The van der Waals surface area contributed by atoms with Crippen LogP contribution in [0.4, 0.5) is 17.3 Å². The molecule has 0 fully saturated rings.